The third kappa shape index (κ3) is 4.20. The molecule has 0 bridgehead atoms. The quantitative estimate of drug-likeness (QED) is 0.716. The van der Waals surface area contributed by atoms with Crippen molar-refractivity contribution in [1.82, 2.24) is 10.3 Å². The summed E-state index contributed by atoms with van der Waals surface area (Å²) >= 11 is 0. The van der Waals surface area contributed by atoms with Gasteiger partial charge in [0.05, 0.1) is 0 Å². The van der Waals surface area contributed by atoms with Gasteiger partial charge in [-0.05, 0) is 42.9 Å². The SMILES string of the molecule is O=C(NC(Cc1ccccc1)C(=O)O)c1cc2c([nH]c1=O)CCCCC2. The Kier molecular flexibility index (Phi) is 5.51. The summed E-state index contributed by atoms with van der Waals surface area (Å²) in [4.78, 5) is 39.2. The molecule has 136 valence electrons. The van der Waals surface area contributed by atoms with Crippen molar-refractivity contribution < 1.29 is 14.7 Å². The Morgan fingerprint density at radius 2 is 1.85 bits per heavy atom. The van der Waals surface area contributed by atoms with Crippen LogP contribution in [0.3, 0.4) is 0 Å². The van der Waals surface area contributed by atoms with Crippen LogP contribution in [0.5, 0.6) is 0 Å². The summed E-state index contributed by atoms with van der Waals surface area (Å²) in [5.41, 5.74) is 2.18. The van der Waals surface area contributed by atoms with Crippen molar-refractivity contribution in [3.05, 3.63) is 69.1 Å². The van der Waals surface area contributed by atoms with Gasteiger partial charge >= 0.3 is 5.97 Å². The van der Waals surface area contributed by atoms with Gasteiger partial charge in [0.2, 0.25) is 0 Å². The monoisotopic (exact) mass is 354 g/mol. The largest absolute Gasteiger partial charge is 0.480 e. The van der Waals surface area contributed by atoms with E-state index in [0.29, 0.717) is 0 Å². The molecule has 26 heavy (non-hydrogen) atoms. The molecular formula is C20H22N2O4. The van der Waals surface area contributed by atoms with Gasteiger partial charge < -0.3 is 15.4 Å². The van der Waals surface area contributed by atoms with Gasteiger partial charge in [-0.25, -0.2) is 4.79 Å². The molecule has 0 radical (unpaired) electrons. The number of carboxylic acid groups (broad SMARTS) is 1. The molecule has 1 aliphatic carbocycles. The van der Waals surface area contributed by atoms with Crippen LogP contribution in [0, 0.1) is 0 Å². The molecule has 6 heteroatoms. The number of nitrogens with one attached hydrogen (secondary N) is 2. The van der Waals surface area contributed by atoms with E-state index in [9.17, 15) is 19.5 Å². The maximum Gasteiger partial charge on any atom is 0.326 e. The van der Waals surface area contributed by atoms with Crippen molar-refractivity contribution in [2.24, 2.45) is 0 Å². The first-order valence-electron chi connectivity index (χ1n) is 8.87. The fourth-order valence-electron chi connectivity index (χ4n) is 3.31. The molecular weight excluding hydrogens is 332 g/mol. The predicted octanol–water partition coefficient (Wildman–Crippen LogP) is 2.07. The molecule has 1 aromatic heterocycles. The summed E-state index contributed by atoms with van der Waals surface area (Å²) < 4.78 is 0. The summed E-state index contributed by atoms with van der Waals surface area (Å²) in [6.07, 6.45) is 4.91. The van der Waals surface area contributed by atoms with Crippen LogP contribution in [0.25, 0.3) is 0 Å². The van der Waals surface area contributed by atoms with Crippen molar-refractivity contribution in [1.29, 1.82) is 0 Å². The number of amides is 1. The lowest BCUT2D eigenvalue weighted by atomic mass is 10.0. The Labute approximate surface area is 151 Å². The van der Waals surface area contributed by atoms with E-state index < -0.39 is 23.5 Å². The molecule has 1 atom stereocenters. The molecule has 1 unspecified atom stereocenters. The topological polar surface area (TPSA) is 99.3 Å². The number of aromatic amines is 1. The lowest BCUT2D eigenvalue weighted by Gasteiger charge is -2.15. The molecule has 0 aliphatic heterocycles. The maximum atomic E-state index is 12.5. The van der Waals surface area contributed by atoms with Crippen molar-refractivity contribution in [3.8, 4) is 0 Å². The number of carbonyl (C=O) groups excluding carboxylic acids is 1. The summed E-state index contributed by atoms with van der Waals surface area (Å²) in [6, 6.07) is 9.60. The van der Waals surface area contributed by atoms with E-state index in [0.717, 1.165) is 48.9 Å². The molecule has 6 nitrogen and oxygen atoms in total. The number of benzene rings is 1. The number of carboxylic acids is 1. The van der Waals surface area contributed by atoms with Crippen molar-refractivity contribution in [3.63, 3.8) is 0 Å². The first-order valence-corrected chi connectivity index (χ1v) is 8.87. The van der Waals surface area contributed by atoms with Crippen molar-refractivity contribution in [2.45, 2.75) is 44.6 Å². The van der Waals surface area contributed by atoms with Crippen LogP contribution in [0.4, 0.5) is 0 Å². The van der Waals surface area contributed by atoms with Crippen LogP contribution in [0.1, 0.15) is 46.4 Å². The summed E-state index contributed by atoms with van der Waals surface area (Å²) in [5, 5.41) is 11.9. The number of rotatable bonds is 5. The van der Waals surface area contributed by atoms with E-state index in [-0.39, 0.29) is 12.0 Å². The van der Waals surface area contributed by atoms with Gasteiger partial charge in [-0.1, -0.05) is 36.8 Å². The second-order valence-corrected chi connectivity index (χ2v) is 6.63. The van der Waals surface area contributed by atoms with Crippen LogP contribution >= 0.6 is 0 Å². The van der Waals surface area contributed by atoms with Gasteiger partial charge in [-0.15, -0.1) is 0 Å². The Morgan fingerprint density at radius 3 is 2.58 bits per heavy atom. The smallest absolute Gasteiger partial charge is 0.326 e. The number of hydrogen-bond acceptors (Lipinski definition) is 3. The zero-order valence-electron chi connectivity index (χ0n) is 14.5. The number of H-pyrrole nitrogens is 1. The van der Waals surface area contributed by atoms with Gasteiger partial charge in [-0.3, -0.25) is 9.59 Å². The first-order chi connectivity index (χ1) is 12.5. The van der Waals surface area contributed by atoms with E-state index in [4.69, 9.17) is 0 Å². The van der Waals surface area contributed by atoms with E-state index in [1.54, 1.807) is 18.2 Å². The van der Waals surface area contributed by atoms with Crippen molar-refractivity contribution in [2.75, 3.05) is 0 Å². The second-order valence-electron chi connectivity index (χ2n) is 6.63. The highest BCUT2D eigenvalue weighted by molar-refractivity contribution is 5.96. The molecule has 0 spiro atoms. The number of carbonyl (C=O) groups is 2. The van der Waals surface area contributed by atoms with Gasteiger partial charge in [0, 0.05) is 12.1 Å². The van der Waals surface area contributed by atoms with Crippen LogP contribution < -0.4 is 10.9 Å². The highest BCUT2D eigenvalue weighted by Gasteiger charge is 2.23. The fraction of sp³-hybridized carbons (Fsp3) is 0.350. The zero-order valence-corrected chi connectivity index (χ0v) is 14.5. The van der Waals surface area contributed by atoms with E-state index in [1.807, 2.05) is 18.2 Å². The molecule has 1 aromatic carbocycles. The molecule has 1 amide bonds. The summed E-state index contributed by atoms with van der Waals surface area (Å²) in [7, 11) is 0. The first kappa shape index (κ1) is 17.9. The van der Waals surface area contributed by atoms with Crippen LogP contribution in [0.15, 0.2) is 41.2 Å². The number of pyridine rings is 1. The van der Waals surface area contributed by atoms with Crippen LogP contribution in [0.2, 0.25) is 0 Å². The average Bonchev–Trinajstić information content (AvgIpc) is 2.86. The number of aromatic nitrogens is 1. The normalized spacial score (nSPS) is 14.8. The minimum atomic E-state index is -1.13. The highest BCUT2D eigenvalue weighted by atomic mass is 16.4. The number of aryl methyl sites for hydroxylation is 2. The minimum Gasteiger partial charge on any atom is -0.480 e. The van der Waals surface area contributed by atoms with Gasteiger partial charge in [0.15, 0.2) is 0 Å². The number of fused-ring (bicyclic) bond motifs is 1. The minimum absolute atomic E-state index is 0.0232. The number of hydrogen-bond donors (Lipinski definition) is 3. The predicted molar refractivity (Wildman–Crippen MR) is 97.4 cm³/mol. The third-order valence-corrected chi connectivity index (χ3v) is 4.72. The molecule has 1 aliphatic rings. The molecule has 1 heterocycles. The Morgan fingerprint density at radius 1 is 1.12 bits per heavy atom. The summed E-state index contributed by atoms with van der Waals surface area (Å²) in [5.74, 6) is -1.78. The lowest BCUT2D eigenvalue weighted by Crippen LogP contribution is -2.44. The number of aliphatic carboxylic acids is 1. The highest BCUT2D eigenvalue weighted by Crippen LogP contribution is 2.18. The van der Waals surface area contributed by atoms with Gasteiger partial charge in [0.1, 0.15) is 11.6 Å². The Bertz CT molecular complexity index is 858. The third-order valence-electron chi connectivity index (χ3n) is 4.72. The second kappa shape index (κ2) is 7.99. The summed E-state index contributed by atoms with van der Waals surface area (Å²) in [6.45, 7) is 0. The van der Waals surface area contributed by atoms with Crippen LogP contribution in [-0.2, 0) is 24.1 Å². The standard InChI is InChI=1S/C20H22N2O4/c23-18-15(12-14-9-5-2-6-10-16(14)21-18)19(24)22-17(20(25)26)11-13-7-3-1-4-8-13/h1,3-4,7-8,12,17H,2,5-6,9-11H2,(H,21,23)(H,22,24)(H,25,26). The fourth-order valence-corrected chi connectivity index (χ4v) is 3.31. The molecule has 0 saturated carbocycles. The van der Waals surface area contributed by atoms with E-state index >= 15 is 0 Å². The molecule has 3 N–H and O–H groups in total. The Balaban J connectivity index is 1.80. The van der Waals surface area contributed by atoms with E-state index in [2.05, 4.69) is 10.3 Å². The molecule has 2 aromatic rings. The lowest BCUT2D eigenvalue weighted by molar-refractivity contribution is -0.139. The van der Waals surface area contributed by atoms with Gasteiger partial charge in [-0.2, -0.15) is 0 Å². The average molecular weight is 354 g/mol. The van der Waals surface area contributed by atoms with Crippen LogP contribution in [-0.4, -0.2) is 28.0 Å². The molecule has 0 saturated heterocycles. The Hall–Kier alpha value is -2.89. The molecule has 0 fully saturated rings. The zero-order chi connectivity index (χ0) is 18.5. The van der Waals surface area contributed by atoms with E-state index in [1.165, 1.54) is 0 Å². The van der Waals surface area contributed by atoms with Crippen molar-refractivity contribution >= 4 is 11.9 Å². The molecule has 3 rings (SSSR count). The van der Waals surface area contributed by atoms with Gasteiger partial charge in [0.25, 0.3) is 11.5 Å². The maximum absolute atomic E-state index is 12.5.